The molecule has 0 atom stereocenters. The van der Waals surface area contributed by atoms with E-state index in [0.717, 1.165) is 31.8 Å². The molecular weight excluding hydrogens is 306 g/mol. The maximum atomic E-state index is 12.5. The molecule has 2 saturated heterocycles. The Bertz CT molecular complexity index is 616. The lowest BCUT2D eigenvalue weighted by Crippen LogP contribution is -2.54. The highest BCUT2D eigenvalue weighted by Crippen LogP contribution is 2.31. The number of likely N-dealkylation sites (N-methyl/N-ethyl adjacent to an activating group) is 1. The molecule has 0 aromatic carbocycles. The van der Waals surface area contributed by atoms with E-state index in [2.05, 4.69) is 28.7 Å². The summed E-state index contributed by atoms with van der Waals surface area (Å²) in [5.41, 5.74) is -0.108. The summed E-state index contributed by atoms with van der Waals surface area (Å²) in [5, 5.41) is 2.91. The molecule has 1 aromatic heterocycles. The van der Waals surface area contributed by atoms with Gasteiger partial charge in [0, 0.05) is 58.0 Å². The molecule has 3 amide bonds. The van der Waals surface area contributed by atoms with Crippen molar-refractivity contribution in [3.8, 4) is 0 Å². The molecule has 2 fully saturated rings. The van der Waals surface area contributed by atoms with E-state index in [1.165, 1.54) is 0 Å². The van der Waals surface area contributed by atoms with Crippen molar-refractivity contribution in [2.24, 2.45) is 0 Å². The van der Waals surface area contributed by atoms with Crippen molar-refractivity contribution >= 4 is 11.9 Å². The molecule has 1 spiro atoms. The van der Waals surface area contributed by atoms with Crippen molar-refractivity contribution in [1.29, 1.82) is 0 Å². The SMILES string of the molecule is CC(C)c1nccn1CCC(=O)N1CCC2(CC1)CNC(=O)N2C. The van der Waals surface area contributed by atoms with Gasteiger partial charge in [0.05, 0.1) is 5.54 Å². The van der Waals surface area contributed by atoms with Crippen LogP contribution >= 0.6 is 0 Å². The van der Waals surface area contributed by atoms with E-state index in [0.29, 0.717) is 25.4 Å². The molecule has 0 bridgehead atoms. The third-order valence-corrected chi connectivity index (χ3v) is 5.46. The van der Waals surface area contributed by atoms with Gasteiger partial charge in [0.15, 0.2) is 0 Å². The van der Waals surface area contributed by atoms with Crippen molar-refractivity contribution in [2.75, 3.05) is 26.7 Å². The summed E-state index contributed by atoms with van der Waals surface area (Å²) in [5.74, 6) is 1.57. The number of carbonyl (C=O) groups is 2. The molecule has 3 rings (SSSR count). The Hall–Kier alpha value is -2.05. The molecule has 24 heavy (non-hydrogen) atoms. The fourth-order valence-electron chi connectivity index (χ4n) is 3.76. The van der Waals surface area contributed by atoms with Crippen LogP contribution in [0.4, 0.5) is 4.79 Å². The van der Waals surface area contributed by atoms with Crippen LogP contribution in [0.2, 0.25) is 0 Å². The predicted octanol–water partition coefficient (Wildman–Crippen LogP) is 1.41. The Kier molecular flexibility index (Phi) is 4.51. The summed E-state index contributed by atoms with van der Waals surface area (Å²) >= 11 is 0. The quantitative estimate of drug-likeness (QED) is 0.906. The van der Waals surface area contributed by atoms with Crippen LogP contribution in [0, 0.1) is 0 Å². The van der Waals surface area contributed by atoms with Gasteiger partial charge in [-0.3, -0.25) is 4.79 Å². The summed E-state index contributed by atoms with van der Waals surface area (Å²) in [4.78, 5) is 32.3. The molecule has 0 aliphatic carbocycles. The normalized spacial score (nSPS) is 20.1. The van der Waals surface area contributed by atoms with Gasteiger partial charge in [-0.25, -0.2) is 9.78 Å². The molecule has 132 valence electrons. The van der Waals surface area contributed by atoms with E-state index in [1.54, 1.807) is 6.20 Å². The molecule has 0 unspecified atom stereocenters. The topological polar surface area (TPSA) is 70.5 Å². The fourth-order valence-corrected chi connectivity index (χ4v) is 3.76. The molecular formula is C17H27N5O2. The highest BCUT2D eigenvalue weighted by atomic mass is 16.2. The second-order valence-electron chi connectivity index (χ2n) is 7.21. The number of hydrogen-bond donors (Lipinski definition) is 1. The number of imidazole rings is 1. The van der Waals surface area contributed by atoms with Crippen LogP contribution < -0.4 is 5.32 Å². The zero-order chi connectivity index (χ0) is 17.3. The van der Waals surface area contributed by atoms with Gasteiger partial charge in [-0.1, -0.05) is 13.8 Å². The molecule has 7 heteroatoms. The average molecular weight is 333 g/mol. The van der Waals surface area contributed by atoms with Crippen molar-refractivity contribution < 1.29 is 9.59 Å². The first-order valence-electron chi connectivity index (χ1n) is 8.73. The summed E-state index contributed by atoms with van der Waals surface area (Å²) < 4.78 is 2.07. The number of aryl methyl sites for hydroxylation is 1. The van der Waals surface area contributed by atoms with Crippen molar-refractivity contribution in [2.45, 2.75) is 51.1 Å². The Morgan fingerprint density at radius 2 is 2.08 bits per heavy atom. The van der Waals surface area contributed by atoms with Crippen LogP contribution in [0.1, 0.15) is 44.9 Å². The molecule has 1 aromatic rings. The molecule has 3 heterocycles. The number of likely N-dealkylation sites (tertiary alicyclic amines) is 1. The van der Waals surface area contributed by atoms with Gasteiger partial charge in [-0.2, -0.15) is 0 Å². The van der Waals surface area contributed by atoms with E-state index >= 15 is 0 Å². The van der Waals surface area contributed by atoms with Crippen molar-refractivity contribution in [3.05, 3.63) is 18.2 Å². The first kappa shape index (κ1) is 16.8. The third-order valence-electron chi connectivity index (χ3n) is 5.46. The van der Waals surface area contributed by atoms with Gasteiger partial charge in [0.1, 0.15) is 5.82 Å². The summed E-state index contributed by atoms with van der Waals surface area (Å²) in [7, 11) is 1.85. The van der Waals surface area contributed by atoms with E-state index in [4.69, 9.17) is 0 Å². The maximum absolute atomic E-state index is 12.5. The highest BCUT2D eigenvalue weighted by molar-refractivity contribution is 5.78. The van der Waals surface area contributed by atoms with Gasteiger partial charge in [-0.05, 0) is 12.8 Å². The van der Waals surface area contributed by atoms with Gasteiger partial charge in [-0.15, -0.1) is 0 Å². The standard InChI is InChI=1S/C17H27N5O2/c1-13(2)15-18-7-11-22(15)8-4-14(23)21-9-5-17(6-10-21)12-19-16(24)20(17)3/h7,11,13H,4-6,8-10,12H2,1-3H3,(H,19,24). The third kappa shape index (κ3) is 2.99. The Morgan fingerprint density at radius 3 is 2.67 bits per heavy atom. The van der Waals surface area contributed by atoms with E-state index in [1.807, 2.05) is 23.0 Å². The number of rotatable bonds is 4. The number of urea groups is 1. The maximum Gasteiger partial charge on any atom is 0.317 e. The van der Waals surface area contributed by atoms with Crippen LogP contribution in [0.3, 0.4) is 0 Å². The number of carbonyl (C=O) groups excluding carboxylic acids is 2. The molecule has 7 nitrogen and oxygen atoms in total. The fraction of sp³-hybridized carbons (Fsp3) is 0.706. The van der Waals surface area contributed by atoms with E-state index in [-0.39, 0.29) is 17.5 Å². The van der Waals surface area contributed by atoms with Gasteiger partial charge >= 0.3 is 6.03 Å². The van der Waals surface area contributed by atoms with Crippen LogP contribution in [-0.4, -0.2) is 63.5 Å². The van der Waals surface area contributed by atoms with Gasteiger partial charge in [0.2, 0.25) is 5.91 Å². The Balaban J connectivity index is 1.52. The lowest BCUT2D eigenvalue weighted by atomic mass is 9.87. The smallest absolute Gasteiger partial charge is 0.317 e. The van der Waals surface area contributed by atoms with Crippen molar-refractivity contribution in [3.63, 3.8) is 0 Å². The number of hydrogen-bond acceptors (Lipinski definition) is 3. The van der Waals surface area contributed by atoms with Gasteiger partial charge in [0.25, 0.3) is 0 Å². The number of amides is 3. The van der Waals surface area contributed by atoms with Crippen LogP contribution in [0.5, 0.6) is 0 Å². The number of aromatic nitrogens is 2. The van der Waals surface area contributed by atoms with Gasteiger partial charge < -0.3 is 19.7 Å². The Labute approximate surface area is 143 Å². The first-order chi connectivity index (χ1) is 11.4. The Morgan fingerprint density at radius 1 is 1.38 bits per heavy atom. The highest BCUT2D eigenvalue weighted by Gasteiger charge is 2.45. The molecule has 0 saturated carbocycles. The van der Waals surface area contributed by atoms with Crippen molar-refractivity contribution in [1.82, 2.24) is 24.7 Å². The molecule has 2 aliphatic rings. The van der Waals surface area contributed by atoms with E-state index in [9.17, 15) is 9.59 Å². The monoisotopic (exact) mass is 333 g/mol. The van der Waals surface area contributed by atoms with E-state index < -0.39 is 0 Å². The molecule has 0 radical (unpaired) electrons. The minimum Gasteiger partial charge on any atom is -0.342 e. The number of nitrogens with zero attached hydrogens (tertiary/aromatic N) is 4. The lowest BCUT2D eigenvalue weighted by Gasteiger charge is -2.42. The van der Waals surface area contributed by atoms with Crippen LogP contribution in [0.25, 0.3) is 0 Å². The predicted molar refractivity (Wildman–Crippen MR) is 90.6 cm³/mol. The summed E-state index contributed by atoms with van der Waals surface area (Å²) in [6.45, 7) is 7.03. The van der Waals surface area contributed by atoms with Crippen LogP contribution in [0.15, 0.2) is 12.4 Å². The summed E-state index contributed by atoms with van der Waals surface area (Å²) in [6, 6.07) is -0.00361. The molecule has 1 N–H and O–H groups in total. The van der Waals surface area contributed by atoms with Crippen LogP contribution in [-0.2, 0) is 11.3 Å². The zero-order valence-electron chi connectivity index (χ0n) is 14.8. The second kappa shape index (κ2) is 6.45. The second-order valence-corrected chi connectivity index (χ2v) is 7.21. The average Bonchev–Trinajstić information content (AvgIpc) is 3.15. The molecule has 2 aliphatic heterocycles. The lowest BCUT2D eigenvalue weighted by molar-refractivity contribution is -0.133. The summed E-state index contributed by atoms with van der Waals surface area (Å²) in [6.07, 6.45) is 5.92. The number of nitrogens with one attached hydrogen (secondary N) is 1. The minimum atomic E-state index is -0.108. The first-order valence-corrected chi connectivity index (χ1v) is 8.73. The number of piperidine rings is 1. The minimum absolute atomic E-state index is 0.00361. The zero-order valence-corrected chi connectivity index (χ0v) is 14.8. The largest absolute Gasteiger partial charge is 0.342 e.